The van der Waals surface area contributed by atoms with Crippen molar-refractivity contribution in [2.24, 2.45) is 0 Å². The number of anilines is 2. The fraction of sp³-hybridized carbons (Fsp3) is 0.444. The molecular formula is C27H39N7O2. The summed E-state index contributed by atoms with van der Waals surface area (Å²) in [6, 6.07) is 12.9. The quantitative estimate of drug-likeness (QED) is 0.282. The first-order valence-corrected chi connectivity index (χ1v) is 12.8. The second-order valence-corrected chi connectivity index (χ2v) is 8.62. The number of nitrogens with zero attached hydrogens (tertiary/aromatic N) is 3. The summed E-state index contributed by atoms with van der Waals surface area (Å²) in [5.74, 6) is 0. The minimum atomic E-state index is -0.235. The molecule has 0 aliphatic rings. The molecule has 9 heteroatoms. The van der Waals surface area contributed by atoms with Crippen LogP contribution >= 0.6 is 0 Å². The van der Waals surface area contributed by atoms with E-state index in [-0.39, 0.29) is 12.1 Å². The lowest BCUT2D eigenvalue weighted by Gasteiger charge is -2.18. The molecule has 3 aromatic rings. The molecule has 36 heavy (non-hydrogen) atoms. The standard InChI is InChI=1S/C27H39N7O2/c1-5-33(6-2)15-13-28-26(35)30-22-11-9-20-17-21-10-12-23(19-25(21)32-24(20)18-22)31-27(36)29-14-16-34(7-3)8-4/h9-12,17-19H,5-8,13-16H2,1-4H3,(H2,28,30,35)(H2,29,31,36). The van der Waals surface area contributed by atoms with Crippen molar-refractivity contribution in [2.75, 3.05) is 63.0 Å². The van der Waals surface area contributed by atoms with Crippen LogP contribution in [0.15, 0.2) is 42.5 Å². The molecule has 0 atom stereocenters. The molecule has 2 aromatic carbocycles. The van der Waals surface area contributed by atoms with E-state index in [0.29, 0.717) is 24.5 Å². The lowest BCUT2D eigenvalue weighted by Crippen LogP contribution is -2.36. The van der Waals surface area contributed by atoms with E-state index in [0.717, 1.165) is 61.1 Å². The summed E-state index contributed by atoms with van der Waals surface area (Å²) in [4.78, 5) is 33.9. The van der Waals surface area contributed by atoms with E-state index in [1.807, 2.05) is 36.4 Å². The van der Waals surface area contributed by atoms with E-state index in [1.165, 1.54) is 0 Å². The highest BCUT2D eigenvalue weighted by Crippen LogP contribution is 2.24. The smallest absolute Gasteiger partial charge is 0.319 e. The van der Waals surface area contributed by atoms with Gasteiger partial charge in [-0.15, -0.1) is 0 Å². The number of likely N-dealkylation sites (N-methyl/N-ethyl adjacent to an activating group) is 2. The number of urea groups is 2. The van der Waals surface area contributed by atoms with Gasteiger partial charge in [0.25, 0.3) is 0 Å². The summed E-state index contributed by atoms with van der Waals surface area (Å²) in [6.07, 6.45) is 0. The van der Waals surface area contributed by atoms with Crippen LogP contribution in [0.25, 0.3) is 21.8 Å². The van der Waals surface area contributed by atoms with Crippen LogP contribution in [0.3, 0.4) is 0 Å². The third-order valence-electron chi connectivity index (χ3n) is 6.34. The average Bonchev–Trinajstić information content (AvgIpc) is 2.88. The number of pyridine rings is 1. The van der Waals surface area contributed by atoms with Gasteiger partial charge < -0.3 is 31.1 Å². The molecule has 9 nitrogen and oxygen atoms in total. The fourth-order valence-electron chi connectivity index (χ4n) is 4.06. The molecule has 4 amide bonds. The third kappa shape index (κ3) is 7.79. The molecule has 0 fully saturated rings. The van der Waals surface area contributed by atoms with Gasteiger partial charge in [0.2, 0.25) is 0 Å². The van der Waals surface area contributed by atoms with Gasteiger partial charge in [-0.1, -0.05) is 39.8 Å². The normalized spacial score (nSPS) is 11.3. The Balaban J connectivity index is 1.63. The Morgan fingerprint density at radius 2 is 1.08 bits per heavy atom. The second kappa shape index (κ2) is 13.6. The molecule has 0 spiro atoms. The van der Waals surface area contributed by atoms with Crippen LogP contribution in [0.1, 0.15) is 27.7 Å². The molecule has 3 rings (SSSR count). The van der Waals surface area contributed by atoms with Crippen molar-refractivity contribution in [2.45, 2.75) is 27.7 Å². The van der Waals surface area contributed by atoms with E-state index in [1.54, 1.807) is 0 Å². The molecule has 194 valence electrons. The molecule has 0 aliphatic carbocycles. The zero-order valence-corrected chi connectivity index (χ0v) is 21.9. The molecule has 0 radical (unpaired) electrons. The predicted molar refractivity (Wildman–Crippen MR) is 149 cm³/mol. The highest BCUT2D eigenvalue weighted by Gasteiger charge is 2.08. The molecular weight excluding hydrogens is 454 g/mol. The molecule has 4 N–H and O–H groups in total. The van der Waals surface area contributed by atoms with Crippen molar-refractivity contribution >= 4 is 45.2 Å². The van der Waals surface area contributed by atoms with Crippen molar-refractivity contribution in [3.8, 4) is 0 Å². The van der Waals surface area contributed by atoms with Gasteiger partial charge in [0.15, 0.2) is 0 Å². The topological polar surface area (TPSA) is 102 Å². The molecule has 0 saturated heterocycles. The van der Waals surface area contributed by atoms with Crippen LogP contribution in [0.2, 0.25) is 0 Å². The Morgan fingerprint density at radius 3 is 1.47 bits per heavy atom. The third-order valence-corrected chi connectivity index (χ3v) is 6.34. The van der Waals surface area contributed by atoms with E-state index in [4.69, 9.17) is 4.98 Å². The summed E-state index contributed by atoms with van der Waals surface area (Å²) in [6.45, 7) is 15.1. The van der Waals surface area contributed by atoms with Gasteiger partial charge in [-0.2, -0.15) is 0 Å². The maximum atomic E-state index is 12.3. The molecule has 0 bridgehead atoms. The molecule has 1 heterocycles. The summed E-state index contributed by atoms with van der Waals surface area (Å²) in [5.41, 5.74) is 2.89. The monoisotopic (exact) mass is 493 g/mol. The average molecular weight is 494 g/mol. The van der Waals surface area contributed by atoms with Crippen molar-refractivity contribution in [3.63, 3.8) is 0 Å². The maximum Gasteiger partial charge on any atom is 0.319 e. The number of hydrogen-bond acceptors (Lipinski definition) is 5. The lowest BCUT2D eigenvalue weighted by molar-refractivity contribution is 0.247. The van der Waals surface area contributed by atoms with Gasteiger partial charge in [-0.25, -0.2) is 14.6 Å². The lowest BCUT2D eigenvalue weighted by atomic mass is 10.1. The summed E-state index contributed by atoms with van der Waals surface area (Å²) in [7, 11) is 0. The number of fused-ring (bicyclic) bond motifs is 2. The van der Waals surface area contributed by atoms with Crippen LogP contribution in [0, 0.1) is 0 Å². The van der Waals surface area contributed by atoms with Crippen LogP contribution in [0.5, 0.6) is 0 Å². The molecule has 0 saturated carbocycles. The number of hydrogen-bond donors (Lipinski definition) is 4. The number of nitrogens with one attached hydrogen (secondary N) is 4. The summed E-state index contributed by atoms with van der Waals surface area (Å²) >= 11 is 0. The number of benzene rings is 2. The van der Waals surface area contributed by atoms with Gasteiger partial charge in [0, 0.05) is 48.3 Å². The Bertz CT molecular complexity index is 1070. The van der Waals surface area contributed by atoms with Gasteiger partial charge in [0.1, 0.15) is 0 Å². The number of aromatic nitrogens is 1. The van der Waals surface area contributed by atoms with Gasteiger partial charge in [-0.05, 0) is 56.5 Å². The number of carbonyl (C=O) groups excluding carboxylic acids is 2. The molecule has 0 unspecified atom stereocenters. The first kappa shape index (κ1) is 27.2. The molecule has 0 aliphatic heterocycles. The van der Waals surface area contributed by atoms with E-state index >= 15 is 0 Å². The Labute approximate surface area is 213 Å². The van der Waals surface area contributed by atoms with Crippen LogP contribution < -0.4 is 21.3 Å². The summed E-state index contributed by atoms with van der Waals surface area (Å²) in [5, 5.41) is 13.5. The Kier molecular flexibility index (Phi) is 10.3. The second-order valence-electron chi connectivity index (χ2n) is 8.62. The number of rotatable bonds is 12. The van der Waals surface area contributed by atoms with E-state index in [9.17, 15) is 9.59 Å². The predicted octanol–water partition coefficient (Wildman–Crippen LogP) is 4.31. The van der Waals surface area contributed by atoms with Crippen LogP contribution in [0.4, 0.5) is 21.0 Å². The van der Waals surface area contributed by atoms with Crippen molar-refractivity contribution in [1.29, 1.82) is 0 Å². The Morgan fingerprint density at radius 1 is 0.667 bits per heavy atom. The van der Waals surface area contributed by atoms with Gasteiger partial charge in [0.05, 0.1) is 11.0 Å². The maximum absolute atomic E-state index is 12.3. The highest BCUT2D eigenvalue weighted by molar-refractivity contribution is 5.98. The fourth-order valence-corrected chi connectivity index (χ4v) is 4.06. The van der Waals surface area contributed by atoms with Crippen LogP contribution in [-0.2, 0) is 0 Å². The first-order valence-electron chi connectivity index (χ1n) is 12.8. The minimum absolute atomic E-state index is 0.235. The minimum Gasteiger partial charge on any atom is -0.337 e. The summed E-state index contributed by atoms with van der Waals surface area (Å²) < 4.78 is 0. The number of amides is 4. The number of carbonyl (C=O) groups is 2. The highest BCUT2D eigenvalue weighted by atomic mass is 16.2. The Hall–Kier alpha value is -3.43. The van der Waals surface area contributed by atoms with Gasteiger partial charge in [-0.3, -0.25) is 0 Å². The van der Waals surface area contributed by atoms with Gasteiger partial charge >= 0.3 is 12.1 Å². The van der Waals surface area contributed by atoms with Crippen molar-refractivity contribution < 1.29 is 9.59 Å². The zero-order valence-electron chi connectivity index (χ0n) is 21.9. The first-order chi connectivity index (χ1) is 17.4. The van der Waals surface area contributed by atoms with Crippen molar-refractivity contribution in [3.05, 3.63) is 42.5 Å². The van der Waals surface area contributed by atoms with E-state index < -0.39 is 0 Å². The van der Waals surface area contributed by atoms with Crippen molar-refractivity contribution in [1.82, 2.24) is 25.4 Å². The van der Waals surface area contributed by atoms with E-state index in [2.05, 4.69) is 64.8 Å². The largest absolute Gasteiger partial charge is 0.337 e. The zero-order chi connectivity index (χ0) is 25.9. The molecule has 1 aromatic heterocycles. The van der Waals surface area contributed by atoms with Crippen LogP contribution in [-0.4, -0.2) is 79.2 Å². The SMILES string of the molecule is CCN(CC)CCNC(=O)Nc1ccc2cc3ccc(NC(=O)NCCN(CC)CC)cc3nc2c1.